The van der Waals surface area contributed by atoms with Crippen LogP contribution in [0.1, 0.15) is 71.5 Å². The van der Waals surface area contributed by atoms with Crippen molar-refractivity contribution in [3.8, 4) is 0 Å². The number of aromatic nitrogens is 2. The molecule has 0 aromatic carbocycles. The van der Waals surface area contributed by atoms with E-state index in [4.69, 9.17) is 4.98 Å². The Kier molecular flexibility index (Phi) is 5.44. The topological polar surface area (TPSA) is 66.4 Å². The van der Waals surface area contributed by atoms with Crippen LogP contribution in [0.3, 0.4) is 0 Å². The molecule has 2 aliphatic rings. The second kappa shape index (κ2) is 7.99. The van der Waals surface area contributed by atoms with Gasteiger partial charge in [0.05, 0.1) is 17.3 Å². The normalized spacial score (nSPS) is 19.0. The molecule has 0 bridgehead atoms. The highest BCUT2D eigenvalue weighted by Gasteiger charge is 2.33. The van der Waals surface area contributed by atoms with Crippen molar-refractivity contribution in [3.05, 3.63) is 45.2 Å². The zero-order valence-corrected chi connectivity index (χ0v) is 17.3. The van der Waals surface area contributed by atoms with Crippen molar-refractivity contribution in [3.63, 3.8) is 0 Å². The van der Waals surface area contributed by atoms with Gasteiger partial charge in [-0.1, -0.05) is 13.3 Å². The van der Waals surface area contributed by atoms with E-state index in [2.05, 4.69) is 11.9 Å². The smallest absolute Gasteiger partial charge is 0.255 e. The molecule has 6 nitrogen and oxygen atoms in total. The summed E-state index contributed by atoms with van der Waals surface area (Å²) in [7, 11) is 0. The third kappa shape index (κ3) is 3.68. The summed E-state index contributed by atoms with van der Waals surface area (Å²) in [6, 6.07) is 1.98. The van der Waals surface area contributed by atoms with Gasteiger partial charge in [0.15, 0.2) is 5.82 Å². The predicted octanol–water partition coefficient (Wildman–Crippen LogP) is 3.37. The summed E-state index contributed by atoms with van der Waals surface area (Å²) < 4.78 is 0. The van der Waals surface area contributed by atoms with Gasteiger partial charge >= 0.3 is 0 Å². The molecule has 2 aliphatic heterocycles. The third-order valence-electron chi connectivity index (χ3n) is 5.61. The van der Waals surface area contributed by atoms with Gasteiger partial charge in [0.25, 0.3) is 5.91 Å². The fraction of sp³-hybridized carbons (Fsp3) is 0.524. The molecule has 0 N–H and O–H groups in total. The molecular weight excluding hydrogens is 372 g/mol. The second-order valence-corrected chi connectivity index (χ2v) is 8.59. The average molecular weight is 399 g/mol. The number of amides is 2. The van der Waals surface area contributed by atoms with Gasteiger partial charge in [0.2, 0.25) is 5.91 Å². The molecule has 0 aliphatic carbocycles. The van der Waals surface area contributed by atoms with E-state index in [1.807, 2.05) is 27.4 Å². The largest absolute Gasteiger partial charge is 0.338 e. The maximum Gasteiger partial charge on any atom is 0.255 e. The Labute approximate surface area is 169 Å². The molecule has 148 valence electrons. The zero-order valence-electron chi connectivity index (χ0n) is 16.5. The second-order valence-electron chi connectivity index (χ2n) is 7.60. The monoisotopic (exact) mass is 398 g/mol. The van der Waals surface area contributed by atoms with Crippen LogP contribution in [0.2, 0.25) is 0 Å². The Bertz CT molecular complexity index is 894. The van der Waals surface area contributed by atoms with E-state index in [1.165, 1.54) is 4.88 Å². The molecule has 0 unspecified atom stereocenters. The van der Waals surface area contributed by atoms with Crippen molar-refractivity contribution in [1.82, 2.24) is 19.8 Å². The maximum absolute atomic E-state index is 13.1. The highest BCUT2D eigenvalue weighted by atomic mass is 32.1. The van der Waals surface area contributed by atoms with Gasteiger partial charge in [-0.2, -0.15) is 0 Å². The number of rotatable bonds is 4. The molecule has 4 heterocycles. The standard InChI is InChI=1S/C21H26N4O2S/c1-3-5-17-10-15(13-28-17)21(27)25-8-4-6-19(25)20-22-11-16-12-24(14(2)26)9-7-18(16)23-20/h10-11,13,19H,3-9,12H2,1-2H3/t19-/m0/s1. The van der Waals surface area contributed by atoms with Crippen LogP contribution in [0.25, 0.3) is 0 Å². The fourth-order valence-electron chi connectivity index (χ4n) is 4.08. The van der Waals surface area contributed by atoms with E-state index in [0.29, 0.717) is 13.1 Å². The number of fused-ring (bicyclic) bond motifs is 1. The number of hydrogen-bond donors (Lipinski definition) is 0. The predicted molar refractivity (Wildman–Crippen MR) is 108 cm³/mol. The minimum absolute atomic E-state index is 0.0573. The van der Waals surface area contributed by atoms with Crippen LogP contribution in [0, 0.1) is 0 Å². The minimum Gasteiger partial charge on any atom is -0.338 e. The molecule has 28 heavy (non-hydrogen) atoms. The van der Waals surface area contributed by atoms with Crippen molar-refractivity contribution in [2.24, 2.45) is 0 Å². The third-order valence-corrected chi connectivity index (χ3v) is 6.60. The van der Waals surface area contributed by atoms with Crippen molar-refractivity contribution in [2.75, 3.05) is 13.1 Å². The summed E-state index contributed by atoms with van der Waals surface area (Å²) in [5.74, 6) is 0.913. The van der Waals surface area contributed by atoms with Gasteiger partial charge < -0.3 is 9.80 Å². The summed E-state index contributed by atoms with van der Waals surface area (Å²) in [6.07, 6.45) is 6.57. The van der Waals surface area contributed by atoms with E-state index >= 15 is 0 Å². The first kappa shape index (κ1) is 19.1. The Balaban J connectivity index is 1.53. The molecular formula is C21H26N4O2S. The van der Waals surface area contributed by atoms with Gasteiger partial charge in [0, 0.05) is 55.0 Å². The average Bonchev–Trinajstić information content (AvgIpc) is 3.36. The van der Waals surface area contributed by atoms with Gasteiger partial charge in [-0.25, -0.2) is 9.97 Å². The summed E-state index contributed by atoms with van der Waals surface area (Å²) >= 11 is 1.67. The van der Waals surface area contributed by atoms with Crippen molar-refractivity contribution < 1.29 is 9.59 Å². The number of carbonyl (C=O) groups is 2. The molecule has 0 spiro atoms. The summed E-state index contributed by atoms with van der Waals surface area (Å²) in [5.41, 5.74) is 2.82. The van der Waals surface area contributed by atoms with Crippen LogP contribution < -0.4 is 0 Å². The van der Waals surface area contributed by atoms with Gasteiger partial charge in [-0.05, 0) is 25.3 Å². The first-order valence-electron chi connectivity index (χ1n) is 10.1. The highest BCUT2D eigenvalue weighted by Crippen LogP contribution is 2.33. The van der Waals surface area contributed by atoms with Crippen LogP contribution in [-0.4, -0.2) is 44.7 Å². The van der Waals surface area contributed by atoms with Crippen molar-refractivity contribution in [2.45, 2.75) is 58.5 Å². The van der Waals surface area contributed by atoms with E-state index in [9.17, 15) is 9.59 Å². The Morgan fingerprint density at radius 1 is 1.32 bits per heavy atom. The van der Waals surface area contributed by atoms with Gasteiger partial charge in [-0.3, -0.25) is 9.59 Å². The van der Waals surface area contributed by atoms with E-state index in [0.717, 1.165) is 61.3 Å². The van der Waals surface area contributed by atoms with E-state index in [-0.39, 0.29) is 17.9 Å². The molecule has 1 fully saturated rings. The number of carbonyl (C=O) groups excluding carboxylic acids is 2. The lowest BCUT2D eigenvalue weighted by atomic mass is 10.1. The SMILES string of the molecule is CCCc1cc(C(=O)N2CCC[C@H]2c2ncc3c(n2)CCN(C(C)=O)C3)cs1. The molecule has 4 rings (SSSR count). The first-order valence-corrected chi connectivity index (χ1v) is 10.9. The molecule has 2 amide bonds. The molecule has 0 saturated carbocycles. The summed E-state index contributed by atoms with van der Waals surface area (Å²) in [6.45, 7) is 5.77. The Hall–Kier alpha value is -2.28. The molecule has 0 radical (unpaired) electrons. The van der Waals surface area contributed by atoms with Gasteiger partial charge in [-0.15, -0.1) is 11.3 Å². The van der Waals surface area contributed by atoms with E-state index in [1.54, 1.807) is 18.3 Å². The van der Waals surface area contributed by atoms with Gasteiger partial charge in [0.1, 0.15) is 0 Å². The molecule has 2 aromatic rings. The quantitative estimate of drug-likeness (QED) is 0.792. The molecule has 2 aromatic heterocycles. The fourth-order valence-corrected chi connectivity index (χ4v) is 5.04. The zero-order chi connectivity index (χ0) is 19.7. The molecule has 1 saturated heterocycles. The van der Waals surface area contributed by atoms with Crippen LogP contribution in [0.5, 0.6) is 0 Å². The minimum atomic E-state index is -0.0573. The number of likely N-dealkylation sites (tertiary alicyclic amines) is 1. The van der Waals surface area contributed by atoms with Crippen LogP contribution in [0.15, 0.2) is 17.6 Å². The number of nitrogens with zero attached hydrogens (tertiary/aromatic N) is 4. The highest BCUT2D eigenvalue weighted by molar-refractivity contribution is 7.10. The number of thiophene rings is 1. The van der Waals surface area contributed by atoms with Crippen molar-refractivity contribution >= 4 is 23.2 Å². The lowest BCUT2D eigenvalue weighted by Crippen LogP contribution is -2.36. The lowest BCUT2D eigenvalue weighted by Gasteiger charge is -2.28. The van der Waals surface area contributed by atoms with E-state index < -0.39 is 0 Å². The Morgan fingerprint density at radius 3 is 2.96 bits per heavy atom. The number of hydrogen-bond acceptors (Lipinski definition) is 5. The lowest BCUT2D eigenvalue weighted by molar-refractivity contribution is -0.129. The Morgan fingerprint density at radius 2 is 2.18 bits per heavy atom. The molecule has 7 heteroatoms. The van der Waals surface area contributed by atoms with Crippen LogP contribution in [0.4, 0.5) is 0 Å². The summed E-state index contributed by atoms with van der Waals surface area (Å²) in [4.78, 5) is 39.1. The molecule has 1 atom stereocenters. The van der Waals surface area contributed by atoms with Crippen LogP contribution in [-0.2, 0) is 24.2 Å². The van der Waals surface area contributed by atoms with Crippen molar-refractivity contribution in [1.29, 1.82) is 0 Å². The van der Waals surface area contributed by atoms with Crippen LogP contribution >= 0.6 is 11.3 Å². The maximum atomic E-state index is 13.1. The number of aryl methyl sites for hydroxylation is 1. The summed E-state index contributed by atoms with van der Waals surface area (Å²) in [5, 5.41) is 1.98. The first-order chi connectivity index (χ1) is 13.6.